The van der Waals surface area contributed by atoms with Crippen molar-refractivity contribution in [1.82, 2.24) is 4.90 Å². The molecule has 0 saturated carbocycles. The summed E-state index contributed by atoms with van der Waals surface area (Å²) in [5, 5.41) is -1.01. The minimum atomic E-state index is -1.01. The van der Waals surface area contributed by atoms with E-state index in [4.69, 9.17) is 11.6 Å². The van der Waals surface area contributed by atoms with Crippen LogP contribution in [-0.4, -0.2) is 35.1 Å². The Morgan fingerprint density at radius 2 is 1.75 bits per heavy atom. The number of Topliss-reactive ketones (excluding diaryl/α,β-unsaturated/α-hetero) is 1. The molecule has 0 bridgehead atoms. The van der Waals surface area contributed by atoms with Crippen molar-refractivity contribution in [2.75, 3.05) is 13.1 Å². The molecule has 4 heteroatoms. The van der Waals surface area contributed by atoms with Crippen molar-refractivity contribution in [3.63, 3.8) is 0 Å². The molecular weight excluding hydrogens is 178 g/mol. The van der Waals surface area contributed by atoms with Crippen LogP contribution in [0.15, 0.2) is 0 Å². The summed E-state index contributed by atoms with van der Waals surface area (Å²) in [6.45, 7) is 6.20. The van der Waals surface area contributed by atoms with Gasteiger partial charge in [0.2, 0.25) is 5.91 Å². The molecule has 0 aromatic carbocycles. The molecule has 0 unspecified atom stereocenters. The molecule has 1 amide bonds. The van der Waals surface area contributed by atoms with Crippen LogP contribution >= 0.6 is 11.6 Å². The Bertz CT molecular complexity index is 178. The van der Waals surface area contributed by atoms with Crippen LogP contribution < -0.4 is 0 Å². The van der Waals surface area contributed by atoms with Crippen LogP contribution in [0.2, 0.25) is 0 Å². The predicted octanol–water partition coefficient (Wildman–Crippen LogP) is 1.05. The number of hydrogen-bond acceptors (Lipinski definition) is 2. The summed E-state index contributed by atoms with van der Waals surface area (Å²) < 4.78 is 0. The van der Waals surface area contributed by atoms with Gasteiger partial charge < -0.3 is 4.90 Å². The van der Waals surface area contributed by atoms with Crippen LogP contribution in [0.5, 0.6) is 0 Å². The standard InChI is InChI=1S/C8H14ClNO2/c1-4-10(5-2)8(12)7(9)6(3)11/h7H,4-5H2,1-3H3/t7-/m1/s1. The molecule has 0 aliphatic rings. The monoisotopic (exact) mass is 191 g/mol. The van der Waals surface area contributed by atoms with Crippen molar-refractivity contribution >= 4 is 23.3 Å². The fourth-order valence-corrected chi connectivity index (χ4v) is 1.01. The van der Waals surface area contributed by atoms with E-state index in [1.54, 1.807) is 4.90 Å². The molecule has 3 nitrogen and oxygen atoms in total. The lowest BCUT2D eigenvalue weighted by molar-refractivity contribution is -0.133. The minimum absolute atomic E-state index is 0.297. The van der Waals surface area contributed by atoms with Gasteiger partial charge in [-0.15, -0.1) is 11.6 Å². The molecule has 0 aliphatic carbocycles. The van der Waals surface area contributed by atoms with Gasteiger partial charge in [-0.3, -0.25) is 9.59 Å². The Morgan fingerprint density at radius 1 is 1.33 bits per heavy atom. The predicted molar refractivity (Wildman–Crippen MR) is 48.3 cm³/mol. The summed E-state index contributed by atoms with van der Waals surface area (Å²) in [5.41, 5.74) is 0. The molecule has 0 saturated heterocycles. The fourth-order valence-electron chi connectivity index (χ4n) is 0.869. The van der Waals surface area contributed by atoms with Crippen LogP contribution in [0, 0.1) is 0 Å². The van der Waals surface area contributed by atoms with Crippen LogP contribution in [0.25, 0.3) is 0 Å². The average Bonchev–Trinajstić information content (AvgIpc) is 2.05. The summed E-state index contributed by atoms with van der Waals surface area (Å²) in [6, 6.07) is 0. The second-order valence-electron chi connectivity index (χ2n) is 2.48. The van der Waals surface area contributed by atoms with Crippen molar-refractivity contribution < 1.29 is 9.59 Å². The quantitative estimate of drug-likeness (QED) is 0.492. The highest BCUT2D eigenvalue weighted by Gasteiger charge is 2.23. The summed E-state index contributed by atoms with van der Waals surface area (Å²) in [4.78, 5) is 23.6. The molecule has 0 aromatic heterocycles. The molecule has 0 spiro atoms. The van der Waals surface area contributed by atoms with Gasteiger partial charge in [0, 0.05) is 13.1 Å². The molecule has 0 aliphatic heterocycles. The average molecular weight is 192 g/mol. The molecule has 1 atom stereocenters. The maximum absolute atomic E-state index is 11.3. The first-order chi connectivity index (χ1) is 5.54. The normalized spacial score (nSPS) is 12.3. The van der Waals surface area contributed by atoms with Gasteiger partial charge in [-0.1, -0.05) is 0 Å². The fraction of sp³-hybridized carbons (Fsp3) is 0.750. The van der Waals surface area contributed by atoms with Crippen LogP contribution in [-0.2, 0) is 9.59 Å². The summed E-state index contributed by atoms with van der Waals surface area (Å²) in [7, 11) is 0. The molecule has 0 rings (SSSR count). The molecule has 0 N–H and O–H groups in total. The second-order valence-corrected chi connectivity index (χ2v) is 2.92. The van der Waals surface area contributed by atoms with Gasteiger partial charge in [0.05, 0.1) is 0 Å². The lowest BCUT2D eigenvalue weighted by Gasteiger charge is -2.20. The lowest BCUT2D eigenvalue weighted by Crippen LogP contribution is -2.39. The van der Waals surface area contributed by atoms with E-state index in [2.05, 4.69) is 0 Å². The Labute approximate surface area is 77.7 Å². The van der Waals surface area contributed by atoms with Crippen molar-refractivity contribution in [3.8, 4) is 0 Å². The minimum Gasteiger partial charge on any atom is -0.342 e. The van der Waals surface area contributed by atoms with E-state index in [0.717, 1.165) is 0 Å². The zero-order valence-corrected chi connectivity index (χ0v) is 8.39. The van der Waals surface area contributed by atoms with Gasteiger partial charge in [-0.05, 0) is 20.8 Å². The number of halogens is 1. The maximum atomic E-state index is 11.3. The number of hydrogen-bond donors (Lipinski definition) is 0. The molecular formula is C8H14ClNO2. The van der Waals surface area contributed by atoms with Gasteiger partial charge in [-0.2, -0.15) is 0 Å². The third-order valence-electron chi connectivity index (χ3n) is 1.65. The zero-order chi connectivity index (χ0) is 9.72. The maximum Gasteiger partial charge on any atom is 0.248 e. The Kier molecular flexibility index (Phi) is 4.90. The SMILES string of the molecule is CCN(CC)C(=O)[C@H](Cl)C(C)=O. The number of rotatable bonds is 4. The van der Waals surface area contributed by atoms with Gasteiger partial charge >= 0.3 is 0 Å². The van der Waals surface area contributed by atoms with E-state index in [9.17, 15) is 9.59 Å². The largest absolute Gasteiger partial charge is 0.342 e. The number of carbonyl (C=O) groups excluding carboxylic acids is 2. The molecule has 0 fully saturated rings. The Hall–Kier alpha value is -0.570. The van der Waals surface area contributed by atoms with Gasteiger partial charge in [-0.25, -0.2) is 0 Å². The summed E-state index contributed by atoms with van der Waals surface area (Å²) in [6.07, 6.45) is 0. The van der Waals surface area contributed by atoms with Crippen LogP contribution in [0.1, 0.15) is 20.8 Å². The number of ketones is 1. The van der Waals surface area contributed by atoms with Crippen LogP contribution in [0.3, 0.4) is 0 Å². The van der Waals surface area contributed by atoms with Gasteiger partial charge in [0.15, 0.2) is 11.2 Å². The summed E-state index contributed by atoms with van der Waals surface area (Å²) >= 11 is 5.58. The number of amides is 1. The van der Waals surface area contributed by atoms with Crippen molar-refractivity contribution in [2.45, 2.75) is 26.1 Å². The van der Waals surface area contributed by atoms with E-state index in [-0.39, 0.29) is 11.7 Å². The first-order valence-corrected chi connectivity index (χ1v) is 4.41. The lowest BCUT2D eigenvalue weighted by atomic mass is 10.2. The second kappa shape index (κ2) is 5.14. The summed E-state index contributed by atoms with van der Waals surface area (Å²) in [5.74, 6) is -0.595. The highest BCUT2D eigenvalue weighted by atomic mass is 35.5. The first-order valence-electron chi connectivity index (χ1n) is 3.97. The first kappa shape index (κ1) is 11.4. The molecule has 0 aromatic rings. The third kappa shape index (κ3) is 2.81. The number of carbonyl (C=O) groups is 2. The van der Waals surface area contributed by atoms with Crippen molar-refractivity contribution in [1.29, 1.82) is 0 Å². The molecule has 12 heavy (non-hydrogen) atoms. The van der Waals surface area contributed by atoms with E-state index in [0.29, 0.717) is 13.1 Å². The third-order valence-corrected chi connectivity index (χ3v) is 2.14. The zero-order valence-electron chi connectivity index (χ0n) is 7.63. The van der Waals surface area contributed by atoms with Crippen molar-refractivity contribution in [2.24, 2.45) is 0 Å². The highest BCUT2D eigenvalue weighted by Crippen LogP contribution is 2.03. The Morgan fingerprint density at radius 3 is 2.00 bits per heavy atom. The Balaban J connectivity index is 4.25. The number of alkyl halides is 1. The topological polar surface area (TPSA) is 37.4 Å². The smallest absolute Gasteiger partial charge is 0.248 e. The van der Waals surface area contributed by atoms with E-state index >= 15 is 0 Å². The van der Waals surface area contributed by atoms with E-state index in [1.807, 2.05) is 13.8 Å². The van der Waals surface area contributed by atoms with Crippen molar-refractivity contribution in [3.05, 3.63) is 0 Å². The van der Waals surface area contributed by atoms with E-state index < -0.39 is 5.38 Å². The van der Waals surface area contributed by atoms with Gasteiger partial charge in [0.25, 0.3) is 0 Å². The van der Waals surface area contributed by atoms with Crippen LogP contribution in [0.4, 0.5) is 0 Å². The molecule has 0 radical (unpaired) electrons. The number of nitrogens with zero attached hydrogens (tertiary/aromatic N) is 1. The molecule has 70 valence electrons. The highest BCUT2D eigenvalue weighted by molar-refractivity contribution is 6.41. The molecule has 0 heterocycles. The van der Waals surface area contributed by atoms with E-state index in [1.165, 1.54) is 6.92 Å². The van der Waals surface area contributed by atoms with Gasteiger partial charge in [0.1, 0.15) is 0 Å².